The van der Waals surface area contributed by atoms with Crippen LogP contribution in [0.2, 0.25) is 0 Å². The third-order valence-corrected chi connectivity index (χ3v) is 3.21. The molecule has 7 heteroatoms. The second-order valence-corrected chi connectivity index (χ2v) is 5.01. The number of rotatable bonds is 8. The standard InChI is InChI=1S/C15H20N4O3/c1-10(15(20)21)9-22-12-4-2-11(3-5-12)14(16)19-8-13-17-6-7-18-13/h2-7,10,14,19H,8-9,16H2,1H3,(H,17,18)(H,20,21)/t10-,14?/m1/s1. The van der Waals surface area contributed by atoms with Crippen molar-refractivity contribution in [2.45, 2.75) is 19.6 Å². The Kier molecular flexibility index (Phi) is 5.51. The van der Waals surface area contributed by atoms with Gasteiger partial charge in [0.1, 0.15) is 18.2 Å². The molecule has 1 heterocycles. The van der Waals surface area contributed by atoms with E-state index in [0.717, 1.165) is 11.4 Å². The van der Waals surface area contributed by atoms with Crippen molar-refractivity contribution in [1.82, 2.24) is 15.3 Å². The average Bonchev–Trinajstić information content (AvgIpc) is 3.04. The third kappa shape index (κ3) is 4.57. The van der Waals surface area contributed by atoms with Crippen LogP contribution >= 0.6 is 0 Å². The maximum absolute atomic E-state index is 10.7. The molecule has 0 aliphatic rings. The van der Waals surface area contributed by atoms with Crippen molar-refractivity contribution in [3.8, 4) is 5.75 Å². The lowest BCUT2D eigenvalue weighted by Gasteiger charge is -2.14. The largest absolute Gasteiger partial charge is 0.493 e. The molecule has 1 aromatic carbocycles. The second-order valence-electron chi connectivity index (χ2n) is 5.01. The van der Waals surface area contributed by atoms with E-state index in [9.17, 15) is 4.79 Å². The highest BCUT2D eigenvalue weighted by Gasteiger charge is 2.12. The summed E-state index contributed by atoms with van der Waals surface area (Å²) in [4.78, 5) is 17.8. The third-order valence-electron chi connectivity index (χ3n) is 3.21. The second kappa shape index (κ2) is 7.58. The van der Waals surface area contributed by atoms with Gasteiger partial charge in [0.05, 0.1) is 18.6 Å². The summed E-state index contributed by atoms with van der Waals surface area (Å²) in [6, 6.07) is 7.25. The molecule has 0 spiro atoms. The normalized spacial score (nSPS) is 13.5. The van der Waals surface area contributed by atoms with E-state index in [1.54, 1.807) is 31.5 Å². The van der Waals surface area contributed by atoms with E-state index < -0.39 is 11.9 Å². The SMILES string of the molecule is C[C@H](COc1ccc(C(N)NCc2ncc[nH]2)cc1)C(=O)O. The molecule has 0 saturated heterocycles. The van der Waals surface area contributed by atoms with Crippen LogP contribution in [0.15, 0.2) is 36.7 Å². The van der Waals surface area contributed by atoms with Crippen LogP contribution in [-0.4, -0.2) is 27.7 Å². The zero-order chi connectivity index (χ0) is 15.9. The van der Waals surface area contributed by atoms with Crippen LogP contribution < -0.4 is 15.8 Å². The Balaban J connectivity index is 1.84. The molecule has 0 radical (unpaired) electrons. The Hall–Kier alpha value is -2.38. The molecule has 118 valence electrons. The van der Waals surface area contributed by atoms with E-state index in [2.05, 4.69) is 15.3 Å². The Labute approximate surface area is 128 Å². The van der Waals surface area contributed by atoms with Crippen LogP contribution in [0.5, 0.6) is 5.75 Å². The van der Waals surface area contributed by atoms with Gasteiger partial charge in [0, 0.05) is 12.4 Å². The molecule has 0 aliphatic carbocycles. The smallest absolute Gasteiger partial charge is 0.309 e. The minimum Gasteiger partial charge on any atom is -0.493 e. The fourth-order valence-corrected chi connectivity index (χ4v) is 1.78. The van der Waals surface area contributed by atoms with E-state index in [4.69, 9.17) is 15.6 Å². The van der Waals surface area contributed by atoms with Gasteiger partial charge in [-0.3, -0.25) is 10.1 Å². The lowest BCUT2D eigenvalue weighted by Crippen LogP contribution is -2.28. The van der Waals surface area contributed by atoms with Crippen LogP contribution in [0.4, 0.5) is 0 Å². The molecule has 2 atom stereocenters. The topological polar surface area (TPSA) is 113 Å². The number of nitrogens with two attached hydrogens (primary N) is 1. The van der Waals surface area contributed by atoms with Crippen LogP contribution in [0.3, 0.4) is 0 Å². The van der Waals surface area contributed by atoms with Gasteiger partial charge in [-0.25, -0.2) is 4.98 Å². The van der Waals surface area contributed by atoms with Gasteiger partial charge in [-0.15, -0.1) is 0 Å². The number of carboxylic acids is 1. The lowest BCUT2D eigenvalue weighted by molar-refractivity contribution is -0.142. The molecule has 0 aliphatic heterocycles. The van der Waals surface area contributed by atoms with Gasteiger partial charge in [-0.2, -0.15) is 0 Å². The maximum atomic E-state index is 10.7. The van der Waals surface area contributed by atoms with E-state index in [1.165, 1.54) is 0 Å². The van der Waals surface area contributed by atoms with E-state index in [0.29, 0.717) is 12.3 Å². The van der Waals surface area contributed by atoms with Gasteiger partial charge >= 0.3 is 5.97 Å². The number of carboxylic acid groups (broad SMARTS) is 1. The number of imidazole rings is 1. The minimum absolute atomic E-state index is 0.136. The van der Waals surface area contributed by atoms with Crippen LogP contribution in [-0.2, 0) is 11.3 Å². The minimum atomic E-state index is -0.874. The zero-order valence-electron chi connectivity index (χ0n) is 12.3. The van der Waals surface area contributed by atoms with Gasteiger partial charge < -0.3 is 20.6 Å². The summed E-state index contributed by atoms with van der Waals surface area (Å²) >= 11 is 0. The van der Waals surface area contributed by atoms with E-state index >= 15 is 0 Å². The predicted molar refractivity (Wildman–Crippen MR) is 81.1 cm³/mol. The number of H-pyrrole nitrogens is 1. The number of ether oxygens (including phenoxy) is 1. The highest BCUT2D eigenvalue weighted by molar-refractivity contribution is 5.69. The first-order chi connectivity index (χ1) is 10.6. The van der Waals surface area contributed by atoms with Crippen molar-refractivity contribution >= 4 is 5.97 Å². The monoisotopic (exact) mass is 304 g/mol. The van der Waals surface area contributed by atoms with Gasteiger partial charge in [-0.1, -0.05) is 12.1 Å². The Morgan fingerprint density at radius 3 is 2.77 bits per heavy atom. The summed E-state index contributed by atoms with van der Waals surface area (Å²) in [5.41, 5.74) is 6.96. The molecule has 0 bridgehead atoms. The Morgan fingerprint density at radius 2 is 2.18 bits per heavy atom. The summed E-state index contributed by atoms with van der Waals surface area (Å²) in [6.07, 6.45) is 3.12. The lowest BCUT2D eigenvalue weighted by atomic mass is 10.1. The fourth-order valence-electron chi connectivity index (χ4n) is 1.78. The van der Waals surface area contributed by atoms with Crippen LogP contribution in [0, 0.1) is 5.92 Å². The molecule has 0 fully saturated rings. The highest BCUT2D eigenvalue weighted by Crippen LogP contribution is 2.16. The molecule has 0 saturated carbocycles. The quantitative estimate of drug-likeness (QED) is 0.546. The maximum Gasteiger partial charge on any atom is 0.309 e. The fraction of sp³-hybridized carbons (Fsp3) is 0.333. The van der Waals surface area contributed by atoms with Crippen molar-refractivity contribution in [1.29, 1.82) is 0 Å². The molecule has 7 nitrogen and oxygen atoms in total. The first-order valence-corrected chi connectivity index (χ1v) is 6.99. The molecule has 0 amide bonds. The number of hydrogen-bond donors (Lipinski definition) is 4. The number of carbonyl (C=O) groups is 1. The number of aromatic amines is 1. The summed E-state index contributed by atoms with van der Waals surface area (Å²) in [7, 11) is 0. The van der Waals surface area contributed by atoms with Crippen molar-refractivity contribution in [2.75, 3.05) is 6.61 Å². The summed E-state index contributed by atoms with van der Waals surface area (Å²) in [5.74, 6) is 0.0193. The molecule has 1 unspecified atom stereocenters. The highest BCUT2D eigenvalue weighted by atomic mass is 16.5. The van der Waals surface area contributed by atoms with Crippen molar-refractivity contribution in [2.24, 2.45) is 11.7 Å². The number of benzene rings is 1. The van der Waals surface area contributed by atoms with Gasteiger partial charge in [0.25, 0.3) is 0 Å². The molecule has 22 heavy (non-hydrogen) atoms. The predicted octanol–water partition coefficient (Wildman–Crippen LogP) is 1.26. The van der Waals surface area contributed by atoms with E-state index in [1.807, 2.05) is 12.1 Å². The molecule has 2 aromatic rings. The Morgan fingerprint density at radius 1 is 1.45 bits per heavy atom. The van der Waals surface area contributed by atoms with Gasteiger partial charge in [0.15, 0.2) is 0 Å². The number of hydrogen-bond acceptors (Lipinski definition) is 5. The molecular formula is C15H20N4O3. The zero-order valence-corrected chi connectivity index (χ0v) is 12.3. The molecule has 5 N–H and O–H groups in total. The summed E-state index contributed by atoms with van der Waals surface area (Å²) < 4.78 is 5.43. The first-order valence-electron chi connectivity index (χ1n) is 6.99. The number of aliphatic carboxylic acids is 1. The van der Waals surface area contributed by atoms with Gasteiger partial charge in [0.2, 0.25) is 0 Å². The summed E-state index contributed by atoms with van der Waals surface area (Å²) in [6.45, 7) is 2.28. The number of nitrogens with zero attached hydrogens (tertiary/aromatic N) is 1. The summed E-state index contributed by atoms with van der Waals surface area (Å²) in [5, 5.41) is 12.0. The first kappa shape index (κ1) is 16.0. The van der Waals surface area contributed by atoms with Crippen LogP contribution in [0.1, 0.15) is 24.5 Å². The van der Waals surface area contributed by atoms with Crippen LogP contribution in [0.25, 0.3) is 0 Å². The Bertz CT molecular complexity index is 583. The number of nitrogens with one attached hydrogen (secondary N) is 2. The average molecular weight is 304 g/mol. The molecule has 2 rings (SSSR count). The van der Waals surface area contributed by atoms with Crippen molar-refractivity contribution in [3.05, 3.63) is 48.0 Å². The molecular weight excluding hydrogens is 284 g/mol. The van der Waals surface area contributed by atoms with Crippen molar-refractivity contribution < 1.29 is 14.6 Å². The molecule has 1 aromatic heterocycles. The van der Waals surface area contributed by atoms with E-state index in [-0.39, 0.29) is 12.8 Å². The number of aromatic nitrogens is 2. The van der Waals surface area contributed by atoms with Crippen molar-refractivity contribution in [3.63, 3.8) is 0 Å². The van der Waals surface area contributed by atoms with Gasteiger partial charge in [-0.05, 0) is 24.6 Å².